The van der Waals surface area contributed by atoms with Crippen LogP contribution in [0.1, 0.15) is 36.1 Å². The Bertz CT molecular complexity index is 2540. The van der Waals surface area contributed by atoms with Crippen LogP contribution < -0.4 is 15.1 Å². The summed E-state index contributed by atoms with van der Waals surface area (Å²) in [7, 11) is 0. The Morgan fingerprint density at radius 2 is 1.34 bits per heavy atom. The molecule has 0 fully saturated rings. The van der Waals surface area contributed by atoms with Gasteiger partial charge >= 0.3 is 0 Å². The molecular formula is C50H41N3. The summed E-state index contributed by atoms with van der Waals surface area (Å²) < 4.78 is 0. The van der Waals surface area contributed by atoms with Crippen molar-refractivity contribution in [2.45, 2.75) is 19.3 Å². The lowest BCUT2D eigenvalue weighted by molar-refractivity contribution is 0.632. The quantitative estimate of drug-likeness (QED) is 0.180. The van der Waals surface area contributed by atoms with Gasteiger partial charge in [0.2, 0.25) is 0 Å². The van der Waals surface area contributed by atoms with Gasteiger partial charge in [0.1, 0.15) is 0 Å². The van der Waals surface area contributed by atoms with Crippen LogP contribution >= 0.6 is 0 Å². The van der Waals surface area contributed by atoms with Crippen molar-refractivity contribution in [2.24, 2.45) is 0 Å². The summed E-state index contributed by atoms with van der Waals surface area (Å²) >= 11 is 0. The number of hydrogen-bond donors (Lipinski definition) is 1. The van der Waals surface area contributed by atoms with Gasteiger partial charge in [-0.15, -0.1) is 0 Å². The molecule has 0 aromatic heterocycles. The minimum Gasteiger partial charge on any atom is -0.381 e. The third-order valence-electron chi connectivity index (χ3n) is 10.7. The van der Waals surface area contributed by atoms with E-state index in [0.29, 0.717) is 0 Å². The Labute approximate surface area is 312 Å². The Balaban J connectivity index is 1.05. The lowest BCUT2D eigenvalue weighted by Crippen LogP contribution is -2.30. The summed E-state index contributed by atoms with van der Waals surface area (Å²) in [5, 5.41) is 5.99. The van der Waals surface area contributed by atoms with E-state index < -0.39 is 0 Å². The molecule has 2 aliphatic rings. The Kier molecular flexibility index (Phi) is 8.25. The van der Waals surface area contributed by atoms with Crippen molar-refractivity contribution >= 4 is 51.0 Å². The molecule has 0 spiro atoms. The second-order valence-corrected chi connectivity index (χ2v) is 14.3. The average Bonchev–Trinajstić information content (AvgIpc) is 3.22. The zero-order valence-corrected chi connectivity index (χ0v) is 30.1. The fourth-order valence-corrected chi connectivity index (χ4v) is 7.82. The zero-order chi connectivity index (χ0) is 35.8. The average molecular weight is 684 g/mol. The number of rotatable bonds is 7. The molecule has 53 heavy (non-hydrogen) atoms. The largest absolute Gasteiger partial charge is 0.381 e. The van der Waals surface area contributed by atoms with Gasteiger partial charge in [0, 0.05) is 40.9 Å². The maximum absolute atomic E-state index is 3.53. The summed E-state index contributed by atoms with van der Waals surface area (Å²) in [6.45, 7) is 5.55. The summed E-state index contributed by atoms with van der Waals surface area (Å²) in [6, 6.07) is 59.4. The molecule has 3 heteroatoms. The predicted octanol–water partition coefficient (Wildman–Crippen LogP) is 12.9. The highest BCUT2D eigenvalue weighted by atomic mass is 15.2. The van der Waals surface area contributed by atoms with E-state index in [1.54, 1.807) is 0 Å². The number of nitrogens with zero attached hydrogens (tertiary/aromatic N) is 2. The van der Waals surface area contributed by atoms with Gasteiger partial charge in [0.15, 0.2) is 0 Å². The maximum atomic E-state index is 3.53. The predicted molar refractivity (Wildman–Crippen MR) is 225 cm³/mol. The highest BCUT2D eigenvalue weighted by Crippen LogP contribution is 2.52. The fraction of sp³-hybridized carbons (Fsp3) is 0.0800. The highest BCUT2D eigenvalue weighted by Gasteiger charge is 2.37. The molecule has 2 heterocycles. The molecule has 0 unspecified atom stereocenters. The molecule has 0 saturated heterocycles. The summed E-state index contributed by atoms with van der Waals surface area (Å²) in [5.74, 6) is 0. The molecule has 7 aromatic rings. The molecule has 0 amide bonds. The van der Waals surface area contributed by atoms with Gasteiger partial charge in [-0.1, -0.05) is 135 Å². The molecule has 0 saturated carbocycles. The highest BCUT2D eigenvalue weighted by molar-refractivity contribution is 5.89. The third-order valence-corrected chi connectivity index (χ3v) is 10.7. The van der Waals surface area contributed by atoms with Crippen molar-refractivity contribution in [3.05, 3.63) is 210 Å². The molecule has 7 aromatic carbocycles. The molecule has 0 atom stereocenters. The van der Waals surface area contributed by atoms with Crippen LogP contribution in [-0.2, 0) is 5.41 Å². The molecule has 9 rings (SSSR count). The molecule has 0 aliphatic carbocycles. The van der Waals surface area contributed by atoms with Crippen LogP contribution in [0.2, 0.25) is 0 Å². The van der Waals surface area contributed by atoms with Gasteiger partial charge in [0.05, 0.1) is 11.4 Å². The van der Waals surface area contributed by atoms with Gasteiger partial charge < -0.3 is 15.1 Å². The van der Waals surface area contributed by atoms with Gasteiger partial charge in [-0.2, -0.15) is 0 Å². The van der Waals surface area contributed by atoms with E-state index in [1.165, 1.54) is 50.0 Å². The SMILES string of the molecule is CC1(C)c2ccccc2N(c2cccc(C3=CC=CCN3)c2)c2ccc(-c3ccc(/C=C/N(c4ccccc4)c4ccc5ccccc5c4)cc3)cc21. The van der Waals surface area contributed by atoms with Crippen molar-refractivity contribution in [1.82, 2.24) is 5.32 Å². The summed E-state index contributed by atoms with van der Waals surface area (Å²) in [6.07, 6.45) is 10.8. The fourth-order valence-electron chi connectivity index (χ4n) is 7.82. The second kappa shape index (κ2) is 13.5. The lowest BCUT2D eigenvalue weighted by Gasteiger charge is -2.42. The standard InChI is InChI=1S/C50H41N3/c1-50(2)45-19-8-9-21-48(45)53(44-18-12-15-41(34-44)47-20-10-11-31-51-47)49-29-27-40(35-46(49)50)38-24-22-36(23-25-38)30-32-52(42-16-4-3-5-17-42)43-28-26-37-13-6-7-14-39(37)33-43/h3-30,32-35,51H,31H2,1-2H3/b32-30+. The van der Waals surface area contributed by atoms with Crippen LogP contribution in [0.3, 0.4) is 0 Å². The third kappa shape index (κ3) is 6.11. The monoisotopic (exact) mass is 683 g/mol. The van der Waals surface area contributed by atoms with E-state index in [2.05, 4.69) is 223 Å². The van der Waals surface area contributed by atoms with E-state index in [4.69, 9.17) is 0 Å². The molecule has 3 nitrogen and oxygen atoms in total. The van der Waals surface area contributed by atoms with Crippen molar-refractivity contribution in [1.29, 1.82) is 0 Å². The van der Waals surface area contributed by atoms with Crippen LogP contribution in [0.5, 0.6) is 0 Å². The van der Waals surface area contributed by atoms with E-state index in [1.807, 2.05) is 0 Å². The van der Waals surface area contributed by atoms with Crippen LogP contribution in [-0.4, -0.2) is 6.54 Å². The first-order valence-corrected chi connectivity index (χ1v) is 18.4. The number of hydrogen-bond acceptors (Lipinski definition) is 3. The minimum absolute atomic E-state index is 0.180. The molecule has 0 bridgehead atoms. The van der Waals surface area contributed by atoms with Crippen molar-refractivity contribution < 1.29 is 0 Å². The topological polar surface area (TPSA) is 18.5 Å². The van der Waals surface area contributed by atoms with Crippen molar-refractivity contribution in [3.63, 3.8) is 0 Å². The Hall–Kier alpha value is -6.58. The minimum atomic E-state index is -0.180. The number of fused-ring (bicyclic) bond motifs is 3. The zero-order valence-electron chi connectivity index (χ0n) is 30.1. The number of nitrogens with one attached hydrogen (secondary N) is 1. The van der Waals surface area contributed by atoms with Crippen LogP contribution in [0.25, 0.3) is 33.7 Å². The lowest BCUT2D eigenvalue weighted by atomic mass is 9.73. The summed E-state index contributed by atoms with van der Waals surface area (Å²) in [5.41, 5.74) is 14.2. The number of anilines is 5. The number of dihydropyridines is 1. The summed E-state index contributed by atoms with van der Waals surface area (Å²) in [4.78, 5) is 4.69. The molecule has 2 aliphatic heterocycles. The van der Waals surface area contributed by atoms with Crippen LogP contribution in [0, 0.1) is 0 Å². The van der Waals surface area contributed by atoms with Gasteiger partial charge in [0.25, 0.3) is 0 Å². The van der Waals surface area contributed by atoms with E-state index in [-0.39, 0.29) is 5.41 Å². The van der Waals surface area contributed by atoms with Crippen LogP contribution in [0.15, 0.2) is 188 Å². The van der Waals surface area contributed by atoms with Gasteiger partial charge in [-0.3, -0.25) is 0 Å². The van der Waals surface area contributed by atoms with Crippen LogP contribution in [0.4, 0.5) is 28.4 Å². The number of para-hydroxylation sites is 2. The maximum Gasteiger partial charge on any atom is 0.0503 e. The van der Waals surface area contributed by atoms with E-state index >= 15 is 0 Å². The first-order valence-electron chi connectivity index (χ1n) is 18.4. The molecule has 0 radical (unpaired) electrons. The first-order chi connectivity index (χ1) is 26.0. The Morgan fingerprint density at radius 3 is 2.17 bits per heavy atom. The van der Waals surface area contributed by atoms with E-state index in [9.17, 15) is 0 Å². The Morgan fingerprint density at radius 1 is 0.585 bits per heavy atom. The van der Waals surface area contributed by atoms with Gasteiger partial charge in [-0.25, -0.2) is 0 Å². The molecule has 256 valence electrons. The van der Waals surface area contributed by atoms with E-state index in [0.717, 1.165) is 34.9 Å². The molecule has 1 N–H and O–H groups in total. The molecular weight excluding hydrogens is 643 g/mol. The normalized spacial score (nSPS) is 14.4. The van der Waals surface area contributed by atoms with Crippen molar-refractivity contribution in [3.8, 4) is 11.1 Å². The first kappa shape index (κ1) is 32.3. The van der Waals surface area contributed by atoms with Crippen molar-refractivity contribution in [2.75, 3.05) is 16.3 Å². The smallest absolute Gasteiger partial charge is 0.0503 e. The van der Waals surface area contributed by atoms with Gasteiger partial charge in [-0.05, 0) is 111 Å². The second-order valence-electron chi connectivity index (χ2n) is 14.3. The number of allylic oxidation sites excluding steroid dienone is 2. The number of benzene rings is 7.